The van der Waals surface area contributed by atoms with Crippen LogP contribution in [0.15, 0.2) is 12.2 Å². The van der Waals surface area contributed by atoms with Gasteiger partial charge in [0.25, 0.3) is 0 Å². The molecule has 0 aromatic rings. The van der Waals surface area contributed by atoms with Crippen LogP contribution in [0.4, 0.5) is 0 Å². The Labute approximate surface area is 93.3 Å². The van der Waals surface area contributed by atoms with E-state index in [-0.39, 0.29) is 0 Å². The van der Waals surface area contributed by atoms with Gasteiger partial charge in [-0.15, -0.1) is 0 Å². The van der Waals surface area contributed by atoms with Crippen LogP contribution in [0.5, 0.6) is 0 Å². The van der Waals surface area contributed by atoms with Gasteiger partial charge in [0.15, 0.2) is 0 Å². The van der Waals surface area contributed by atoms with Crippen LogP contribution in [-0.4, -0.2) is 39.9 Å². The van der Waals surface area contributed by atoms with Gasteiger partial charge in [-0.05, 0) is 31.7 Å². The van der Waals surface area contributed by atoms with Crippen molar-refractivity contribution >= 4 is 0 Å². The molecule has 0 saturated heterocycles. The van der Waals surface area contributed by atoms with Crippen LogP contribution in [-0.2, 0) is 4.74 Å². The molecule has 1 rings (SSSR count). The minimum atomic E-state index is 0.799. The van der Waals surface area contributed by atoms with Gasteiger partial charge in [-0.25, -0.2) is 0 Å². The van der Waals surface area contributed by atoms with Gasteiger partial charge in [-0.2, -0.15) is 0 Å². The molecule has 0 amide bonds. The zero-order valence-corrected chi connectivity index (χ0v) is 9.80. The maximum absolute atomic E-state index is 4.95. The topological polar surface area (TPSA) is 33.3 Å². The molecule has 0 bridgehead atoms. The molecule has 3 nitrogen and oxygen atoms in total. The van der Waals surface area contributed by atoms with E-state index < -0.39 is 0 Å². The maximum atomic E-state index is 4.95. The smallest absolute Gasteiger partial charge is 0.0587 e. The second kappa shape index (κ2) is 8.89. The van der Waals surface area contributed by atoms with Crippen molar-refractivity contribution in [3.63, 3.8) is 0 Å². The Hall–Kier alpha value is -0.380. The number of methoxy groups -OCH3 is 1. The van der Waals surface area contributed by atoms with E-state index in [2.05, 4.69) is 22.8 Å². The third kappa shape index (κ3) is 6.66. The van der Waals surface area contributed by atoms with E-state index in [9.17, 15) is 0 Å². The first-order valence-corrected chi connectivity index (χ1v) is 5.99. The highest BCUT2D eigenvalue weighted by Gasteiger charge is 2.08. The van der Waals surface area contributed by atoms with Gasteiger partial charge < -0.3 is 15.4 Å². The van der Waals surface area contributed by atoms with E-state index in [1.54, 1.807) is 7.11 Å². The fourth-order valence-electron chi connectivity index (χ4n) is 1.82. The van der Waals surface area contributed by atoms with E-state index in [0.717, 1.165) is 38.7 Å². The van der Waals surface area contributed by atoms with Crippen LogP contribution in [0.2, 0.25) is 0 Å². The number of allylic oxidation sites excluding steroid dienone is 2. The first-order valence-electron chi connectivity index (χ1n) is 5.99. The summed E-state index contributed by atoms with van der Waals surface area (Å²) in [7, 11) is 1.73. The highest BCUT2D eigenvalue weighted by molar-refractivity contribution is 4.90. The Morgan fingerprint density at radius 3 is 2.80 bits per heavy atom. The highest BCUT2D eigenvalue weighted by Crippen LogP contribution is 2.16. The van der Waals surface area contributed by atoms with Crippen LogP contribution in [0.1, 0.15) is 19.3 Å². The highest BCUT2D eigenvalue weighted by atomic mass is 16.5. The van der Waals surface area contributed by atoms with Crippen LogP contribution in [0.3, 0.4) is 0 Å². The lowest BCUT2D eigenvalue weighted by Crippen LogP contribution is -2.32. The number of ether oxygens (including phenoxy) is 1. The van der Waals surface area contributed by atoms with Crippen LogP contribution >= 0.6 is 0 Å². The predicted molar refractivity (Wildman–Crippen MR) is 64.1 cm³/mol. The molecule has 0 saturated carbocycles. The Morgan fingerprint density at radius 1 is 1.20 bits per heavy atom. The molecule has 2 N–H and O–H groups in total. The largest absolute Gasteiger partial charge is 0.383 e. The minimum Gasteiger partial charge on any atom is -0.383 e. The normalized spacial score (nSPS) is 20.7. The van der Waals surface area contributed by atoms with E-state index in [4.69, 9.17) is 4.74 Å². The van der Waals surface area contributed by atoms with Crippen molar-refractivity contribution in [2.45, 2.75) is 19.3 Å². The van der Waals surface area contributed by atoms with Crippen molar-refractivity contribution in [2.24, 2.45) is 5.92 Å². The molecule has 0 radical (unpaired) electrons. The van der Waals surface area contributed by atoms with Crippen molar-refractivity contribution in [1.82, 2.24) is 10.6 Å². The Morgan fingerprint density at radius 2 is 2.07 bits per heavy atom. The summed E-state index contributed by atoms with van der Waals surface area (Å²) < 4.78 is 4.95. The van der Waals surface area contributed by atoms with Crippen molar-refractivity contribution in [3.8, 4) is 0 Å². The third-order valence-corrected chi connectivity index (χ3v) is 2.77. The average molecular weight is 212 g/mol. The molecular weight excluding hydrogens is 188 g/mol. The van der Waals surface area contributed by atoms with Crippen molar-refractivity contribution < 1.29 is 4.74 Å². The molecule has 88 valence electrons. The van der Waals surface area contributed by atoms with Gasteiger partial charge >= 0.3 is 0 Å². The standard InChI is InChI=1S/C12H24N2O/c1-15-10-9-13-7-8-14-11-12-5-3-2-4-6-12/h2-3,12-14H,4-11H2,1H3. The lowest BCUT2D eigenvalue weighted by Gasteiger charge is -2.18. The van der Waals surface area contributed by atoms with Crippen LogP contribution in [0, 0.1) is 5.92 Å². The number of nitrogens with one attached hydrogen (secondary N) is 2. The molecular formula is C12H24N2O. The summed E-state index contributed by atoms with van der Waals surface area (Å²) in [5.74, 6) is 0.856. The first-order chi connectivity index (χ1) is 7.43. The zero-order chi connectivity index (χ0) is 10.8. The molecule has 1 aliphatic rings. The summed E-state index contributed by atoms with van der Waals surface area (Å²) in [6.07, 6.45) is 8.47. The SMILES string of the molecule is COCCNCCNCC1CC=CCC1. The molecule has 1 unspecified atom stereocenters. The summed E-state index contributed by atoms with van der Waals surface area (Å²) in [4.78, 5) is 0. The van der Waals surface area contributed by atoms with Gasteiger partial charge in [0.2, 0.25) is 0 Å². The first kappa shape index (κ1) is 12.7. The lowest BCUT2D eigenvalue weighted by molar-refractivity contribution is 0.199. The Kier molecular flexibility index (Phi) is 7.52. The van der Waals surface area contributed by atoms with Crippen molar-refractivity contribution in [1.29, 1.82) is 0 Å². The molecule has 0 fully saturated rings. The Balaban J connectivity index is 1.82. The third-order valence-electron chi connectivity index (χ3n) is 2.77. The fourth-order valence-corrected chi connectivity index (χ4v) is 1.82. The van der Waals surface area contributed by atoms with Crippen LogP contribution < -0.4 is 10.6 Å². The quantitative estimate of drug-likeness (QED) is 0.468. The molecule has 1 atom stereocenters. The molecule has 0 heterocycles. The summed E-state index contributed by atoms with van der Waals surface area (Å²) in [6.45, 7) is 5.00. The van der Waals surface area contributed by atoms with Gasteiger partial charge in [0.1, 0.15) is 0 Å². The Bertz CT molecular complexity index is 171. The number of hydrogen-bond acceptors (Lipinski definition) is 3. The van der Waals surface area contributed by atoms with E-state index in [1.807, 2.05) is 0 Å². The summed E-state index contributed by atoms with van der Waals surface area (Å²) >= 11 is 0. The molecule has 3 heteroatoms. The van der Waals surface area contributed by atoms with Crippen LogP contribution in [0.25, 0.3) is 0 Å². The van der Waals surface area contributed by atoms with Crippen molar-refractivity contribution in [2.75, 3.05) is 39.9 Å². The van der Waals surface area contributed by atoms with E-state index in [1.165, 1.54) is 19.3 Å². The second-order valence-corrected chi connectivity index (χ2v) is 4.10. The van der Waals surface area contributed by atoms with Gasteiger partial charge in [0, 0.05) is 26.7 Å². The lowest BCUT2D eigenvalue weighted by atomic mass is 9.94. The maximum Gasteiger partial charge on any atom is 0.0587 e. The van der Waals surface area contributed by atoms with E-state index in [0.29, 0.717) is 0 Å². The monoisotopic (exact) mass is 212 g/mol. The van der Waals surface area contributed by atoms with Gasteiger partial charge in [0.05, 0.1) is 6.61 Å². The van der Waals surface area contributed by atoms with Gasteiger partial charge in [-0.3, -0.25) is 0 Å². The number of rotatable bonds is 8. The fraction of sp³-hybridized carbons (Fsp3) is 0.833. The summed E-state index contributed by atoms with van der Waals surface area (Å²) in [5.41, 5.74) is 0. The van der Waals surface area contributed by atoms with E-state index >= 15 is 0 Å². The predicted octanol–water partition coefficient (Wildman–Crippen LogP) is 1.17. The molecule has 0 aromatic heterocycles. The average Bonchev–Trinajstić information content (AvgIpc) is 2.29. The minimum absolute atomic E-state index is 0.799. The molecule has 1 aliphatic carbocycles. The number of hydrogen-bond donors (Lipinski definition) is 2. The summed E-state index contributed by atoms with van der Waals surface area (Å²) in [5, 5.41) is 6.82. The van der Waals surface area contributed by atoms with Crippen molar-refractivity contribution in [3.05, 3.63) is 12.2 Å². The van der Waals surface area contributed by atoms with Gasteiger partial charge in [-0.1, -0.05) is 12.2 Å². The molecule has 0 spiro atoms. The summed E-state index contributed by atoms with van der Waals surface area (Å²) in [6, 6.07) is 0. The molecule has 0 aromatic carbocycles. The molecule has 0 aliphatic heterocycles. The molecule has 15 heavy (non-hydrogen) atoms. The zero-order valence-electron chi connectivity index (χ0n) is 9.80. The second-order valence-electron chi connectivity index (χ2n) is 4.10.